The number of anilines is 2. The molecule has 0 fully saturated rings. The number of para-hydroxylation sites is 1. The van der Waals surface area contributed by atoms with Crippen LogP contribution < -0.4 is 20.7 Å². The van der Waals surface area contributed by atoms with E-state index in [-0.39, 0.29) is 12.3 Å². The summed E-state index contributed by atoms with van der Waals surface area (Å²) in [7, 11) is 1.57. The zero-order valence-corrected chi connectivity index (χ0v) is 19.7. The minimum Gasteiger partial charge on any atom is -0.497 e. The smallest absolute Gasteiger partial charge is 0.319 e. The van der Waals surface area contributed by atoms with Gasteiger partial charge in [-0.3, -0.25) is 4.79 Å². The van der Waals surface area contributed by atoms with Crippen molar-refractivity contribution >= 4 is 57.4 Å². The van der Waals surface area contributed by atoms with Crippen molar-refractivity contribution in [1.82, 2.24) is 10.3 Å². The van der Waals surface area contributed by atoms with E-state index in [4.69, 9.17) is 27.9 Å². The molecule has 0 aliphatic rings. The Morgan fingerprint density at radius 2 is 1.68 bits per heavy atom. The van der Waals surface area contributed by atoms with Crippen LogP contribution in [-0.4, -0.2) is 30.1 Å². The third-order valence-electron chi connectivity index (χ3n) is 5.26. The average Bonchev–Trinajstić information content (AvgIpc) is 3.24. The molecule has 1 atom stereocenters. The van der Waals surface area contributed by atoms with Crippen LogP contribution in [0, 0.1) is 0 Å². The van der Waals surface area contributed by atoms with Crippen LogP contribution in [0.3, 0.4) is 0 Å². The molecule has 7 nitrogen and oxygen atoms in total. The molecule has 3 aromatic carbocycles. The molecule has 9 heteroatoms. The molecule has 0 spiro atoms. The molecule has 4 aromatic rings. The number of hydrogen-bond acceptors (Lipinski definition) is 3. The molecule has 0 bridgehead atoms. The lowest BCUT2D eigenvalue weighted by Crippen LogP contribution is -2.46. The Labute approximate surface area is 206 Å². The third kappa shape index (κ3) is 5.62. The van der Waals surface area contributed by atoms with Gasteiger partial charge in [0.25, 0.3) is 0 Å². The molecule has 1 heterocycles. The van der Waals surface area contributed by atoms with Crippen molar-refractivity contribution in [2.75, 3.05) is 17.7 Å². The van der Waals surface area contributed by atoms with Gasteiger partial charge in [0.2, 0.25) is 5.91 Å². The first kappa shape index (κ1) is 23.5. The summed E-state index contributed by atoms with van der Waals surface area (Å²) >= 11 is 12.0. The number of carbonyl (C=O) groups is 2. The van der Waals surface area contributed by atoms with Gasteiger partial charge in [-0.1, -0.05) is 41.4 Å². The van der Waals surface area contributed by atoms with E-state index >= 15 is 0 Å². The van der Waals surface area contributed by atoms with Gasteiger partial charge in [-0.25, -0.2) is 4.79 Å². The summed E-state index contributed by atoms with van der Waals surface area (Å²) in [6.45, 7) is 0. The van der Waals surface area contributed by atoms with Crippen LogP contribution in [0.2, 0.25) is 10.0 Å². The van der Waals surface area contributed by atoms with Crippen molar-refractivity contribution in [3.8, 4) is 5.75 Å². The number of amides is 3. The van der Waals surface area contributed by atoms with E-state index in [1.165, 1.54) is 6.07 Å². The first-order valence-electron chi connectivity index (χ1n) is 10.5. The van der Waals surface area contributed by atoms with E-state index in [9.17, 15) is 9.59 Å². The number of hydrogen-bond donors (Lipinski definition) is 4. The summed E-state index contributed by atoms with van der Waals surface area (Å²) in [4.78, 5) is 29.1. The zero-order valence-electron chi connectivity index (χ0n) is 18.2. The Morgan fingerprint density at radius 3 is 2.41 bits per heavy atom. The minimum absolute atomic E-state index is 0.279. The second-order valence-electron chi connectivity index (χ2n) is 7.56. The summed E-state index contributed by atoms with van der Waals surface area (Å²) < 4.78 is 5.16. The van der Waals surface area contributed by atoms with E-state index in [1.807, 2.05) is 30.5 Å². The molecule has 0 aliphatic carbocycles. The van der Waals surface area contributed by atoms with E-state index < -0.39 is 12.1 Å². The number of aromatic amines is 1. The van der Waals surface area contributed by atoms with Gasteiger partial charge < -0.3 is 25.7 Å². The second-order valence-corrected chi connectivity index (χ2v) is 8.38. The van der Waals surface area contributed by atoms with Crippen LogP contribution in [0.4, 0.5) is 16.2 Å². The van der Waals surface area contributed by atoms with Crippen LogP contribution in [0.1, 0.15) is 5.56 Å². The summed E-state index contributed by atoms with van der Waals surface area (Å²) in [6, 6.07) is 18.1. The number of nitrogens with one attached hydrogen (secondary N) is 4. The summed E-state index contributed by atoms with van der Waals surface area (Å²) in [5.41, 5.74) is 2.89. The predicted octanol–water partition coefficient (Wildman–Crippen LogP) is 5.85. The predicted molar refractivity (Wildman–Crippen MR) is 136 cm³/mol. The normalized spacial score (nSPS) is 11.6. The molecule has 1 aromatic heterocycles. The quantitative estimate of drug-likeness (QED) is 0.258. The minimum atomic E-state index is -0.857. The number of urea groups is 1. The maximum Gasteiger partial charge on any atom is 0.319 e. The van der Waals surface area contributed by atoms with Crippen LogP contribution in [0.15, 0.2) is 72.9 Å². The summed E-state index contributed by atoms with van der Waals surface area (Å²) in [5.74, 6) is 0.312. The second kappa shape index (κ2) is 10.5. The van der Waals surface area contributed by atoms with Crippen molar-refractivity contribution in [3.63, 3.8) is 0 Å². The number of carbonyl (C=O) groups excluding carboxylic acids is 2. The average molecular weight is 497 g/mol. The fourth-order valence-corrected chi connectivity index (χ4v) is 3.83. The maximum atomic E-state index is 13.2. The van der Waals surface area contributed by atoms with Crippen LogP contribution in [0.5, 0.6) is 5.75 Å². The Kier molecular flexibility index (Phi) is 7.25. The monoisotopic (exact) mass is 496 g/mol. The number of benzene rings is 3. The third-order valence-corrected chi connectivity index (χ3v) is 5.99. The number of halogens is 2. The largest absolute Gasteiger partial charge is 0.497 e. The van der Waals surface area contributed by atoms with Crippen LogP contribution in [0.25, 0.3) is 10.9 Å². The molecule has 0 saturated heterocycles. The molecule has 34 heavy (non-hydrogen) atoms. The lowest BCUT2D eigenvalue weighted by atomic mass is 10.0. The molecule has 4 rings (SSSR count). The molecule has 3 amide bonds. The van der Waals surface area contributed by atoms with E-state index in [0.29, 0.717) is 27.2 Å². The first-order valence-corrected chi connectivity index (χ1v) is 11.2. The highest BCUT2D eigenvalue weighted by atomic mass is 35.5. The van der Waals surface area contributed by atoms with Crippen molar-refractivity contribution in [2.45, 2.75) is 12.5 Å². The number of H-pyrrole nitrogens is 1. The van der Waals surface area contributed by atoms with Gasteiger partial charge in [0.05, 0.1) is 17.2 Å². The molecular weight excluding hydrogens is 475 g/mol. The molecule has 1 unspecified atom stereocenters. The molecule has 0 saturated carbocycles. The molecule has 0 radical (unpaired) electrons. The van der Waals surface area contributed by atoms with E-state index in [1.54, 1.807) is 43.5 Å². The molecular formula is C25H22Cl2N4O3. The van der Waals surface area contributed by atoms with Crippen molar-refractivity contribution in [2.24, 2.45) is 0 Å². The Bertz CT molecular complexity index is 1320. The molecule has 174 valence electrons. The van der Waals surface area contributed by atoms with E-state index in [2.05, 4.69) is 20.9 Å². The lowest BCUT2D eigenvalue weighted by Gasteiger charge is -2.19. The van der Waals surface area contributed by atoms with Crippen molar-refractivity contribution in [3.05, 3.63) is 88.5 Å². The fourth-order valence-electron chi connectivity index (χ4n) is 3.53. The lowest BCUT2D eigenvalue weighted by molar-refractivity contribution is -0.117. The Balaban J connectivity index is 1.53. The van der Waals surface area contributed by atoms with Crippen molar-refractivity contribution in [1.29, 1.82) is 0 Å². The van der Waals surface area contributed by atoms with Gasteiger partial charge in [0, 0.05) is 34.9 Å². The highest BCUT2D eigenvalue weighted by Gasteiger charge is 2.23. The molecule has 0 aliphatic heterocycles. The van der Waals surface area contributed by atoms with Gasteiger partial charge in [-0.2, -0.15) is 0 Å². The number of fused-ring (bicyclic) bond motifs is 1. The number of rotatable bonds is 7. The standard InChI is InChI=1S/C25H22Cl2N4O3/c1-34-18-9-6-16(7-10-18)29-24(32)23(12-15-14-28-22-5-3-2-4-19(15)22)31-25(33)30-17-8-11-20(26)21(27)13-17/h2-11,13-14,23,28H,12H2,1H3,(H,29,32)(H2,30,31,33). The van der Waals surface area contributed by atoms with Crippen LogP contribution in [-0.2, 0) is 11.2 Å². The Hall–Kier alpha value is -3.68. The summed E-state index contributed by atoms with van der Waals surface area (Å²) in [5, 5.41) is 9.99. The number of ether oxygens (including phenoxy) is 1. The fraction of sp³-hybridized carbons (Fsp3) is 0.120. The van der Waals surface area contributed by atoms with Crippen LogP contribution >= 0.6 is 23.2 Å². The van der Waals surface area contributed by atoms with Gasteiger partial charge >= 0.3 is 6.03 Å². The zero-order chi connectivity index (χ0) is 24.1. The highest BCUT2D eigenvalue weighted by Crippen LogP contribution is 2.25. The SMILES string of the molecule is COc1ccc(NC(=O)C(Cc2c[nH]c3ccccc23)NC(=O)Nc2ccc(Cl)c(Cl)c2)cc1. The number of methoxy groups -OCH3 is 1. The van der Waals surface area contributed by atoms with E-state index in [0.717, 1.165) is 16.5 Å². The molecule has 4 N–H and O–H groups in total. The first-order chi connectivity index (χ1) is 16.4. The van der Waals surface area contributed by atoms with Gasteiger partial charge in [0.15, 0.2) is 0 Å². The van der Waals surface area contributed by atoms with Gasteiger partial charge in [0.1, 0.15) is 11.8 Å². The van der Waals surface area contributed by atoms with Crippen molar-refractivity contribution < 1.29 is 14.3 Å². The highest BCUT2D eigenvalue weighted by molar-refractivity contribution is 6.42. The van der Waals surface area contributed by atoms with Gasteiger partial charge in [-0.05, 0) is 54.1 Å². The Morgan fingerprint density at radius 1 is 0.941 bits per heavy atom. The van der Waals surface area contributed by atoms with Gasteiger partial charge in [-0.15, -0.1) is 0 Å². The number of aromatic nitrogens is 1. The summed E-state index contributed by atoms with van der Waals surface area (Å²) in [6.07, 6.45) is 2.12. The topological polar surface area (TPSA) is 95.2 Å². The maximum absolute atomic E-state index is 13.2.